The molecule has 1 aromatic rings. The maximum atomic E-state index is 11.7. The van der Waals surface area contributed by atoms with Crippen LogP contribution in [0.15, 0.2) is 18.5 Å². The van der Waals surface area contributed by atoms with Gasteiger partial charge in [-0.15, -0.1) is 13.2 Å². The number of halogens is 3. The van der Waals surface area contributed by atoms with E-state index in [4.69, 9.17) is 5.11 Å². The molecule has 0 aliphatic rings. The Morgan fingerprint density at radius 1 is 1.46 bits per heavy atom. The van der Waals surface area contributed by atoms with E-state index in [1.807, 2.05) is 0 Å². The van der Waals surface area contributed by atoms with Gasteiger partial charge >= 0.3 is 6.36 Å². The van der Waals surface area contributed by atoms with Crippen LogP contribution in [-0.2, 0) is 6.61 Å². The van der Waals surface area contributed by atoms with Crippen LogP contribution in [0.5, 0.6) is 5.75 Å². The minimum absolute atomic E-state index is 0.0484. The second-order valence-electron chi connectivity index (χ2n) is 2.19. The summed E-state index contributed by atoms with van der Waals surface area (Å²) in [7, 11) is 0. The zero-order valence-corrected chi connectivity index (χ0v) is 6.38. The summed E-state index contributed by atoms with van der Waals surface area (Å²) in [6.07, 6.45) is -2.58. The van der Waals surface area contributed by atoms with Gasteiger partial charge in [-0.2, -0.15) is 0 Å². The van der Waals surface area contributed by atoms with Crippen LogP contribution < -0.4 is 4.74 Å². The predicted molar refractivity (Wildman–Crippen MR) is 36.8 cm³/mol. The van der Waals surface area contributed by atoms with Gasteiger partial charge in [0.05, 0.1) is 12.8 Å². The first-order chi connectivity index (χ1) is 6.03. The first-order valence-corrected chi connectivity index (χ1v) is 3.32. The Bertz CT molecular complexity index is 287. The largest absolute Gasteiger partial charge is 0.573 e. The number of aromatic nitrogens is 1. The Hall–Kier alpha value is -1.30. The molecule has 1 rings (SSSR count). The highest BCUT2D eigenvalue weighted by atomic mass is 19.4. The quantitative estimate of drug-likeness (QED) is 0.773. The van der Waals surface area contributed by atoms with Crippen LogP contribution in [-0.4, -0.2) is 16.5 Å². The molecule has 3 nitrogen and oxygen atoms in total. The third kappa shape index (κ3) is 2.90. The summed E-state index contributed by atoms with van der Waals surface area (Å²) in [4.78, 5) is 3.44. The van der Waals surface area contributed by atoms with Crippen LogP contribution in [0, 0.1) is 0 Å². The Morgan fingerprint density at radius 2 is 2.15 bits per heavy atom. The van der Waals surface area contributed by atoms with E-state index in [0.29, 0.717) is 0 Å². The van der Waals surface area contributed by atoms with E-state index in [9.17, 15) is 13.2 Å². The van der Waals surface area contributed by atoms with Crippen LogP contribution in [0.3, 0.4) is 0 Å². The van der Waals surface area contributed by atoms with Crippen LogP contribution in [0.1, 0.15) is 5.56 Å². The summed E-state index contributed by atoms with van der Waals surface area (Å²) in [6.45, 7) is -0.520. The number of hydrogen-bond donors (Lipinski definition) is 1. The normalized spacial score (nSPS) is 11.4. The molecule has 13 heavy (non-hydrogen) atoms. The molecule has 0 aliphatic heterocycles. The highest BCUT2D eigenvalue weighted by Gasteiger charge is 2.32. The maximum Gasteiger partial charge on any atom is 0.573 e. The first-order valence-electron chi connectivity index (χ1n) is 3.32. The van der Waals surface area contributed by atoms with E-state index < -0.39 is 18.7 Å². The highest BCUT2D eigenvalue weighted by molar-refractivity contribution is 5.28. The molecule has 1 aromatic heterocycles. The topological polar surface area (TPSA) is 42.4 Å². The molecular formula is C7H6F3NO2. The fraction of sp³-hybridized carbons (Fsp3) is 0.286. The van der Waals surface area contributed by atoms with Gasteiger partial charge in [0.1, 0.15) is 0 Å². The summed E-state index contributed by atoms with van der Waals surface area (Å²) in [6, 6.07) is 1.25. The van der Waals surface area contributed by atoms with E-state index in [2.05, 4.69) is 9.72 Å². The fourth-order valence-electron chi connectivity index (χ4n) is 0.756. The average molecular weight is 193 g/mol. The zero-order chi connectivity index (χ0) is 9.90. The molecule has 0 unspecified atom stereocenters. The molecule has 0 bridgehead atoms. The Kier molecular flexibility index (Phi) is 2.72. The molecule has 0 aliphatic carbocycles. The maximum absolute atomic E-state index is 11.7. The van der Waals surface area contributed by atoms with Crippen LogP contribution in [0.4, 0.5) is 13.2 Å². The molecule has 72 valence electrons. The highest BCUT2D eigenvalue weighted by Crippen LogP contribution is 2.24. The molecule has 0 saturated carbocycles. The second-order valence-corrected chi connectivity index (χ2v) is 2.19. The molecule has 0 aromatic carbocycles. The number of aliphatic hydroxyl groups excluding tert-OH is 1. The molecule has 0 fully saturated rings. The fourth-order valence-corrected chi connectivity index (χ4v) is 0.756. The standard InChI is InChI=1S/C7H6F3NO2/c8-7(9,10)13-6-3-11-2-1-5(6)4-12/h1-3,12H,4H2. The third-order valence-corrected chi connectivity index (χ3v) is 1.27. The van der Waals surface area contributed by atoms with Crippen molar-refractivity contribution in [1.29, 1.82) is 0 Å². The summed E-state index contributed by atoms with van der Waals surface area (Å²) in [5.74, 6) is -0.475. The lowest BCUT2D eigenvalue weighted by molar-refractivity contribution is -0.275. The number of ether oxygens (including phenoxy) is 1. The summed E-state index contributed by atoms with van der Waals surface area (Å²) < 4.78 is 38.8. The number of alkyl halides is 3. The van der Waals surface area contributed by atoms with Crippen molar-refractivity contribution in [3.05, 3.63) is 24.0 Å². The monoisotopic (exact) mass is 193 g/mol. The number of nitrogens with zero attached hydrogens (tertiary/aromatic N) is 1. The SMILES string of the molecule is OCc1ccncc1OC(F)(F)F. The van der Waals surface area contributed by atoms with E-state index in [0.717, 1.165) is 6.20 Å². The predicted octanol–water partition coefficient (Wildman–Crippen LogP) is 1.47. The van der Waals surface area contributed by atoms with Crippen molar-refractivity contribution in [2.75, 3.05) is 0 Å². The third-order valence-electron chi connectivity index (χ3n) is 1.27. The van der Waals surface area contributed by atoms with Gasteiger partial charge in [-0.3, -0.25) is 4.98 Å². The van der Waals surface area contributed by atoms with Gasteiger partial charge in [0.25, 0.3) is 0 Å². The molecule has 1 heterocycles. The molecule has 0 radical (unpaired) electrons. The molecule has 0 spiro atoms. The van der Waals surface area contributed by atoms with Gasteiger partial charge in [0, 0.05) is 11.8 Å². The van der Waals surface area contributed by atoms with Crippen molar-refractivity contribution in [3.8, 4) is 5.75 Å². The molecule has 0 atom stereocenters. The van der Waals surface area contributed by atoms with Gasteiger partial charge in [0.15, 0.2) is 5.75 Å². The van der Waals surface area contributed by atoms with Crippen molar-refractivity contribution >= 4 is 0 Å². The molecule has 0 saturated heterocycles. The molecule has 0 amide bonds. The van der Waals surface area contributed by atoms with Crippen LogP contribution >= 0.6 is 0 Å². The van der Waals surface area contributed by atoms with E-state index in [-0.39, 0.29) is 5.56 Å². The van der Waals surface area contributed by atoms with Crippen molar-refractivity contribution in [2.24, 2.45) is 0 Å². The number of aliphatic hydroxyl groups is 1. The van der Waals surface area contributed by atoms with Crippen LogP contribution in [0.2, 0.25) is 0 Å². The van der Waals surface area contributed by atoms with Gasteiger partial charge in [0.2, 0.25) is 0 Å². The van der Waals surface area contributed by atoms with Gasteiger partial charge < -0.3 is 9.84 Å². The molecule has 6 heteroatoms. The lowest BCUT2D eigenvalue weighted by Gasteiger charge is -2.10. The average Bonchev–Trinajstić information content (AvgIpc) is 2.02. The Morgan fingerprint density at radius 3 is 2.69 bits per heavy atom. The van der Waals surface area contributed by atoms with Crippen molar-refractivity contribution in [1.82, 2.24) is 4.98 Å². The van der Waals surface area contributed by atoms with Crippen LogP contribution in [0.25, 0.3) is 0 Å². The smallest absolute Gasteiger partial charge is 0.404 e. The van der Waals surface area contributed by atoms with E-state index in [1.54, 1.807) is 0 Å². The van der Waals surface area contributed by atoms with Crippen molar-refractivity contribution in [2.45, 2.75) is 13.0 Å². The minimum atomic E-state index is -4.76. The molecular weight excluding hydrogens is 187 g/mol. The number of pyridine rings is 1. The Labute approximate surface area is 71.8 Å². The number of hydrogen-bond acceptors (Lipinski definition) is 3. The van der Waals surface area contributed by atoms with Crippen molar-refractivity contribution in [3.63, 3.8) is 0 Å². The van der Waals surface area contributed by atoms with Gasteiger partial charge in [-0.25, -0.2) is 0 Å². The Balaban J connectivity index is 2.87. The minimum Gasteiger partial charge on any atom is -0.404 e. The van der Waals surface area contributed by atoms with Crippen molar-refractivity contribution < 1.29 is 23.0 Å². The lowest BCUT2D eigenvalue weighted by Crippen LogP contribution is -2.18. The molecule has 1 N–H and O–H groups in total. The van der Waals surface area contributed by atoms with E-state index >= 15 is 0 Å². The summed E-state index contributed by atoms with van der Waals surface area (Å²) >= 11 is 0. The first kappa shape index (κ1) is 9.79. The van der Waals surface area contributed by atoms with Gasteiger partial charge in [-0.1, -0.05) is 0 Å². The number of rotatable bonds is 2. The van der Waals surface area contributed by atoms with Gasteiger partial charge in [-0.05, 0) is 6.07 Å². The second kappa shape index (κ2) is 3.61. The summed E-state index contributed by atoms with van der Waals surface area (Å²) in [5, 5.41) is 8.64. The lowest BCUT2D eigenvalue weighted by atomic mass is 10.3. The van der Waals surface area contributed by atoms with E-state index in [1.165, 1.54) is 12.3 Å². The summed E-state index contributed by atoms with van der Waals surface area (Å²) in [5.41, 5.74) is 0.0484. The zero-order valence-electron chi connectivity index (χ0n) is 6.38.